The first kappa shape index (κ1) is 17.1. The van der Waals surface area contributed by atoms with Crippen LogP contribution in [0.3, 0.4) is 0 Å². The summed E-state index contributed by atoms with van der Waals surface area (Å²) in [6.07, 6.45) is -3.76. The van der Waals surface area contributed by atoms with Crippen LogP contribution in [0.4, 0.5) is 18.9 Å². The lowest BCUT2D eigenvalue weighted by Gasteiger charge is -2.22. The average molecular weight is 326 g/mol. The first-order chi connectivity index (χ1) is 10.7. The van der Waals surface area contributed by atoms with Gasteiger partial charge in [0, 0.05) is 19.1 Å². The molecule has 1 saturated heterocycles. The van der Waals surface area contributed by atoms with Crippen LogP contribution in [0.5, 0.6) is 0 Å². The number of hydrogen-bond donors (Lipinski definition) is 2. The van der Waals surface area contributed by atoms with E-state index in [2.05, 4.69) is 5.32 Å². The molecule has 2 atom stereocenters. The fourth-order valence-electron chi connectivity index (χ4n) is 2.63. The van der Waals surface area contributed by atoms with Crippen LogP contribution in [0.15, 0.2) is 18.2 Å². The molecular weight excluding hydrogens is 309 g/mol. The maximum Gasteiger partial charge on any atom is 0.416 e. The van der Waals surface area contributed by atoms with Crippen molar-refractivity contribution in [3.63, 3.8) is 0 Å². The number of amides is 1. The van der Waals surface area contributed by atoms with Crippen LogP contribution in [-0.4, -0.2) is 31.1 Å². The standard InChI is InChI=1S/C15H17F3N4O/c1-9(14(20)23)21-12-4-5-22(8-12)13-3-2-11(15(16,17)18)6-10(13)7-19/h2-3,6,9,12,21H,4-5,8H2,1H3,(H2,20,23)/t9-,12-/m0/s1. The fraction of sp³-hybridized carbons (Fsp3) is 0.467. The summed E-state index contributed by atoms with van der Waals surface area (Å²) in [6, 6.07) is 4.49. The molecule has 1 fully saturated rings. The number of primary amides is 1. The van der Waals surface area contributed by atoms with Gasteiger partial charge in [0.15, 0.2) is 0 Å². The van der Waals surface area contributed by atoms with Gasteiger partial charge in [0.25, 0.3) is 0 Å². The zero-order chi connectivity index (χ0) is 17.2. The zero-order valence-electron chi connectivity index (χ0n) is 12.5. The number of halogens is 3. The number of anilines is 1. The Bertz CT molecular complexity index is 639. The van der Waals surface area contributed by atoms with Crippen molar-refractivity contribution >= 4 is 11.6 Å². The summed E-state index contributed by atoms with van der Waals surface area (Å²) in [4.78, 5) is 12.9. The van der Waals surface area contributed by atoms with Gasteiger partial charge >= 0.3 is 6.18 Å². The van der Waals surface area contributed by atoms with E-state index in [1.54, 1.807) is 6.92 Å². The van der Waals surface area contributed by atoms with Crippen molar-refractivity contribution in [1.29, 1.82) is 5.26 Å². The van der Waals surface area contributed by atoms with Crippen molar-refractivity contribution in [3.05, 3.63) is 29.3 Å². The summed E-state index contributed by atoms with van der Waals surface area (Å²) < 4.78 is 38.2. The highest BCUT2D eigenvalue weighted by atomic mass is 19.4. The van der Waals surface area contributed by atoms with Gasteiger partial charge in [0.1, 0.15) is 6.07 Å². The highest BCUT2D eigenvalue weighted by molar-refractivity contribution is 5.79. The molecule has 5 nitrogen and oxygen atoms in total. The van der Waals surface area contributed by atoms with E-state index in [4.69, 9.17) is 11.0 Å². The maximum absolute atomic E-state index is 12.7. The van der Waals surface area contributed by atoms with E-state index in [1.165, 1.54) is 6.07 Å². The largest absolute Gasteiger partial charge is 0.416 e. The Kier molecular flexibility index (Phi) is 4.80. The van der Waals surface area contributed by atoms with Crippen molar-refractivity contribution in [2.75, 3.05) is 18.0 Å². The van der Waals surface area contributed by atoms with Crippen molar-refractivity contribution in [3.8, 4) is 6.07 Å². The molecule has 1 amide bonds. The topological polar surface area (TPSA) is 82.2 Å². The van der Waals surface area contributed by atoms with Gasteiger partial charge in [-0.15, -0.1) is 0 Å². The average Bonchev–Trinajstić information content (AvgIpc) is 2.93. The molecule has 1 aliphatic heterocycles. The lowest BCUT2D eigenvalue weighted by Crippen LogP contribution is -2.45. The van der Waals surface area contributed by atoms with Crippen molar-refractivity contribution in [2.45, 2.75) is 31.6 Å². The minimum atomic E-state index is -4.48. The minimum absolute atomic E-state index is 0.00802. The Morgan fingerprint density at radius 2 is 2.22 bits per heavy atom. The van der Waals surface area contributed by atoms with Gasteiger partial charge in [-0.3, -0.25) is 4.79 Å². The number of carbonyl (C=O) groups is 1. The molecule has 0 unspecified atom stereocenters. The highest BCUT2D eigenvalue weighted by Gasteiger charge is 2.32. The van der Waals surface area contributed by atoms with E-state index in [1.807, 2.05) is 11.0 Å². The second-order valence-electron chi connectivity index (χ2n) is 5.56. The van der Waals surface area contributed by atoms with Gasteiger partial charge in [-0.05, 0) is 31.5 Å². The number of nitrogens with zero attached hydrogens (tertiary/aromatic N) is 2. The quantitative estimate of drug-likeness (QED) is 0.881. The molecule has 1 aromatic rings. The molecule has 0 bridgehead atoms. The predicted octanol–water partition coefficient (Wildman–Crippen LogP) is 1.62. The van der Waals surface area contributed by atoms with Gasteiger partial charge in [-0.1, -0.05) is 0 Å². The van der Waals surface area contributed by atoms with E-state index >= 15 is 0 Å². The molecule has 23 heavy (non-hydrogen) atoms. The summed E-state index contributed by atoms with van der Waals surface area (Å²) in [5, 5.41) is 12.2. The van der Waals surface area contributed by atoms with Crippen molar-refractivity contribution < 1.29 is 18.0 Å². The zero-order valence-corrected chi connectivity index (χ0v) is 12.5. The molecule has 124 valence electrons. The Labute approximate surface area is 131 Å². The molecule has 0 saturated carbocycles. The molecule has 2 rings (SSSR count). The molecule has 0 spiro atoms. The first-order valence-corrected chi connectivity index (χ1v) is 7.14. The van der Waals surface area contributed by atoms with Crippen molar-refractivity contribution in [1.82, 2.24) is 5.32 Å². The number of alkyl halides is 3. The SMILES string of the molecule is C[C@H](N[C@H]1CCN(c2ccc(C(F)(F)F)cc2C#N)C1)C(N)=O. The van der Waals surface area contributed by atoms with Crippen LogP contribution in [-0.2, 0) is 11.0 Å². The molecule has 0 aliphatic carbocycles. The number of hydrogen-bond acceptors (Lipinski definition) is 4. The van der Waals surface area contributed by atoms with Gasteiger partial charge < -0.3 is 16.0 Å². The maximum atomic E-state index is 12.7. The van der Waals surface area contributed by atoms with E-state index in [0.29, 0.717) is 25.2 Å². The third kappa shape index (κ3) is 3.93. The summed E-state index contributed by atoms with van der Waals surface area (Å²) in [5.74, 6) is -0.462. The molecule has 1 heterocycles. The second kappa shape index (κ2) is 6.46. The monoisotopic (exact) mass is 326 g/mol. The van der Waals surface area contributed by atoms with Crippen LogP contribution in [0.25, 0.3) is 0 Å². The van der Waals surface area contributed by atoms with E-state index in [0.717, 1.165) is 12.1 Å². The summed E-state index contributed by atoms with van der Waals surface area (Å²) >= 11 is 0. The molecule has 1 aromatic carbocycles. The Hall–Kier alpha value is -2.27. The van der Waals surface area contributed by atoms with E-state index < -0.39 is 23.7 Å². The fourth-order valence-corrected chi connectivity index (χ4v) is 2.63. The van der Waals surface area contributed by atoms with Crippen LogP contribution in [0.2, 0.25) is 0 Å². The smallest absolute Gasteiger partial charge is 0.369 e. The molecule has 8 heteroatoms. The summed E-state index contributed by atoms with van der Waals surface area (Å²) in [5.41, 5.74) is 4.82. The van der Waals surface area contributed by atoms with Gasteiger partial charge in [0.2, 0.25) is 5.91 Å². The number of rotatable bonds is 4. The third-order valence-electron chi connectivity index (χ3n) is 3.89. The lowest BCUT2D eigenvalue weighted by atomic mass is 10.1. The normalized spacial score (nSPS) is 19.4. The molecule has 1 aliphatic rings. The lowest BCUT2D eigenvalue weighted by molar-refractivity contribution is -0.137. The minimum Gasteiger partial charge on any atom is -0.369 e. The second-order valence-corrected chi connectivity index (χ2v) is 5.56. The first-order valence-electron chi connectivity index (χ1n) is 7.14. The molecular formula is C15H17F3N4O. The van der Waals surface area contributed by atoms with Crippen LogP contribution < -0.4 is 16.0 Å². The Balaban J connectivity index is 2.14. The molecule has 3 N–H and O–H groups in total. The van der Waals surface area contributed by atoms with Crippen molar-refractivity contribution in [2.24, 2.45) is 5.73 Å². The molecule has 0 radical (unpaired) electrons. The summed E-state index contributed by atoms with van der Waals surface area (Å²) in [7, 11) is 0. The highest BCUT2D eigenvalue weighted by Crippen LogP contribution is 2.33. The van der Waals surface area contributed by atoms with Crippen LogP contribution >= 0.6 is 0 Å². The number of carbonyl (C=O) groups excluding carboxylic acids is 1. The van der Waals surface area contributed by atoms with Gasteiger partial charge in [-0.25, -0.2) is 0 Å². The Morgan fingerprint density at radius 1 is 1.52 bits per heavy atom. The number of nitriles is 1. The number of nitrogens with one attached hydrogen (secondary N) is 1. The van der Waals surface area contributed by atoms with Gasteiger partial charge in [0.05, 0.1) is 22.9 Å². The number of benzene rings is 1. The predicted molar refractivity (Wildman–Crippen MR) is 78.6 cm³/mol. The van der Waals surface area contributed by atoms with E-state index in [-0.39, 0.29) is 11.6 Å². The van der Waals surface area contributed by atoms with E-state index in [9.17, 15) is 18.0 Å². The van der Waals surface area contributed by atoms with Crippen LogP contribution in [0, 0.1) is 11.3 Å². The number of nitrogens with two attached hydrogens (primary N) is 1. The van der Waals surface area contributed by atoms with Gasteiger partial charge in [-0.2, -0.15) is 18.4 Å². The third-order valence-corrected chi connectivity index (χ3v) is 3.89. The van der Waals surface area contributed by atoms with Crippen LogP contribution in [0.1, 0.15) is 24.5 Å². The Morgan fingerprint density at radius 3 is 2.78 bits per heavy atom. The molecule has 0 aromatic heterocycles. The summed E-state index contributed by atoms with van der Waals surface area (Å²) in [6.45, 7) is 2.74.